The Hall–Kier alpha value is -1.86. The van der Waals surface area contributed by atoms with E-state index in [4.69, 9.17) is 0 Å². The molecule has 1 amide bonds. The van der Waals surface area contributed by atoms with Crippen LogP contribution in [-0.4, -0.2) is 49.6 Å². The average Bonchev–Trinajstić information content (AvgIpc) is 2.94. The second kappa shape index (κ2) is 6.73. The van der Waals surface area contributed by atoms with Gasteiger partial charge in [0, 0.05) is 30.4 Å². The van der Waals surface area contributed by atoms with E-state index < -0.39 is 6.10 Å². The van der Waals surface area contributed by atoms with E-state index >= 15 is 0 Å². The molecule has 0 aliphatic heterocycles. The van der Waals surface area contributed by atoms with Crippen molar-refractivity contribution in [2.24, 2.45) is 0 Å². The lowest BCUT2D eigenvalue weighted by atomic mass is 10.2. The third kappa shape index (κ3) is 3.83. The van der Waals surface area contributed by atoms with Gasteiger partial charge in [-0.05, 0) is 20.8 Å². The molecule has 0 radical (unpaired) electrons. The van der Waals surface area contributed by atoms with Gasteiger partial charge in [0.05, 0.1) is 12.3 Å². The van der Waals surface area contributed by atoms with Crippen LogP contribution in [0.1, 0.15) is 31.3 Å². The van der Waals surface area contributed by atoms with Crippen LogP contribution in [0.25, 0.3) is 10.7 Å². The van der Waals surface area contributed by atoms with Crippen LogP contribution < -0.4 is 0 Å². The highest BCUT2D eigenvalue weighted by atomic mass is 32.1. The first-order valence-corrected chi connectivity index (χ1v) is 7.58. The Morgan fingerprint density at radius 1 is 1.38 bits per heavy atom. The topological polar surface area (TPSA) is 79.2 Å². The molecule has 0 spiro atoms. The van der Waals surface area contributed by atoms with Gasteiger partial charge < -0.3 is 10.0 Å². The molecular weight excluding hydrogens is 288 g/mol. The van der Waals surface area contributed by atoms with Crippen LogP contribution in [0.5, 0.6) is 0 Å². The summed E-state index contributed by atoms with van der Waals surface area (Å²) in [5.41, 5.74) is 1.02. The molecule has 2 aromatic heterocycles. The van der Waals surface area contributed by atoms with Gasteiger partial charge in [-0.3, -0.25) is 14.8 Å². The van der Waals surface area contributed by atoms with E-state index in [2.05, 4.69) is 15.0 Å². The summed E-state index contributed by atoms with van der Waals surface area (Å²) in [7, 11) is 0. The lowest BCUT2D eigenvalue weighted by Crippen LogP contribution is -2.41. The maximum Gasteiger partial charge on any atom is 0.273 e. The van der Waals surface area contributed by atoms with E-state index in [0.717, 1.165) is 0 Å². The predicted octanol–water partition coefficient (Wildman–Crippen LogP) is 1.83. The predicted molar refractivity (Wildman–Crippen MR) is 81.0 cm³/mol. The molecule has 6 nitrogen and oxygen atoms in total. The summed E-state index contributed by atoms with van der Waals surface area (Å²) >= 11 is 1.36. The van der Waals surface area contributed by atoms with Crippen LogP contribution in [0, 0.1) is 0 Å². The lowest BCUT2D eigenvalue weighted by Gasteiger charge is -2.27. The maximum absolute atomic E-state index is 12.5. The minimum atomic E-state index is -0.575. The molecule has 2 heterocycles. The number of aromatic nitrogens is 3. The molecule has 0 aliphatic rings. The number of amides is 1. The molecular formula is C14H18N4O2S. The Bertz CT molecular complexity index is 598. The van der Waals surface area contributed by atoms with E-state index in [1.807, 2.05) is 13.8 Å². The number of hydrogen-bond donors (Lipinski definition) is 1. The zero-order chi connectivity index (χ0) is 15.4. The summed E-state index contributed by atoms with van der Waals surface area (Å²) in [6.07, 6.45) is 4.22. The molecule has 0 bridgehead atoms. The van der Waals surface area contributed by atoms with Gasteiger partial charge in [-0.15, -0.1) is 11.3 Å². The van der Waals surface area contributed by atoms with Crippen LogP contribution in [-0.2, 0) is 0 Å². The molecule has 1 atom stereocenters. The van der Waals surface area contributed by atoms with Gasteiger partial charge in [0.1, 0.15) is 16.4 Å². The number of hydrogen-bond acceptors (Lipinski definition) is 6. The third-order valence-electron chi connectivity index (χ3n) is 2.85. The summed E-state index contributed by atoms with van der Waals surface area (Å²) in [5.74, 6) is -0.183. The molecule has 0 saturated carbocycles. The fraction of sp³-hybridized carbons (Fsp3) is 0.429. The van der Waals surface area contributed by atoms with Crippen LogP contribution in [0.3, 0.4) is 0 Å². The van der Waals surface area contributed by atoms with E-state index in [1.54, 1.807) is 35.8 Å². The van der Waals surface area contributed by atoms with E-state index in [1.165, 1.54) is 11.3 Å². The van der Waals surface area contributed by atoms with E-state index in [-0.39, 0.29) is 18.5 Å². The van der Waals surface area contributed by atoms with Gasteiger partial charge in [-0.1, -0.05) is 0 Å². The largest absolute Gasteiger partial charge is 0.392 e. The Morgan fingerprint density at radius 3 is 2.71 bits per heavy atom. The zero-order valence-corrected chi connectivity index (χ0v) is 13.0. The summed E-state index contributed by atoms with van der Waals surface area (Å²) in [6.45, 7) is 5.77. The van der Waals surface area contributed by atoms with Gasteiger partial charge >= 0.3 is 0 Å². The molecule has 112 valence electrons. The molecule has 7 heteroatoms. The Kier molecular flexibility index (Phi) is 4.98. The third-order valence-corrected chi connectivity index (χ3v) is 3.72. The molecule has 0 fully saturated rings. The maximum atomic E-state index is 12.5. The Morgan fingerprint density at radius 2 is 2.14 bits per heavy atom. The van der Waals surface area contributed by atoms with Crippen molar-refractivity contribution in [2.75, 3.05) is 6.54 Å². The monoisotopic (exact) mass is 306 g/mol. The lowest BCUT2D eigenvalue weighted by molar-refractivity contribution is 0.0574. The average molecular weight is 306 g/mol. The van der Waals surface area contributed by atoms with Crippen LogP contribution in [0.15, 0.2) is 24.0 Å². The number of carbonyl (C=O) groups excluding carboxylic acids is 1. The van der Waals surface area contributed by atoms with Gasteiger partial charge in [-0.2, -0.15) is 0 Å². The second-order valence-electron chi connectivity index (χ2n) is 5.03. The number of carbonyl (C=O) groups is 1. The summed E-state index contributed by atoms with van der Waals surface area (Å²) in [6, 6.07) is -0.00577. The van der Waals surface area contributed by atoms with Gasteiger partial charge in [0.25, 0.3) is 5.91 Å². The standard InChI is InChI=1S/C14H18N4O2S/c1-9(2)18(7-10(3)19)14(20)12-8-21-13(17-12)11-6-15-4-5-16-11/h4-6,8-10,19H,7H2,1-3H3. The van der Waals surface area contributed by atoms with Crippen molar-refractivity contribution in [3.63, 3.8) is 0 Å². The molecule has 1 N–H and O–H groups in total. The van der Waals surface area contributed by atoms with Crippen molar-refractivity contribution >= 4 is 17.2 Å². The molecule has 2 rings (SSSR count). The first-order chi connectivity index (χ1) is 9.99. The Labute approximate surface area is 127 Å². The van der Waals surface area contributed by atoms with Gasteiger partial charge in [-0.25, -0.2) is 4.98 Å². The minimum absolute atomic E-state index is 0.00577. The zero-order valence-electron chi connectivity index (χ0n) is 12.2. The van der Waals surface area contributed by atoms with Crippen molar-refractivity contribution in [3.05, 3.63) is 29.7 Å². The Balaban J connectivity index is 2.22. The smallest absolute Gasteiger partial charge is 0.273 e. The molecule has 1 unspecified atom stereocenters. The highest BCUT2D eigenvalue weighted by Crippen LogP contribution is 2.22. The van der Waals surface area contributed by atoms with Crippen LogP contribution >= 0.6 is 11.3 Å². The molecule has 21 heavy (non-hydrogen) atoms. The van der Waals surface area contributed by atoms with Crippen molar-refractivity contribution < 1.29 is 9.90 Å². The van der Waals surface area contributed by atoms with Crippen molar-refractivity contribution in [1.29, 1.82) is 0 Å². The van der Waals surface area contributed by atoms with E-state index in [9.17, 15) is 9.90 Å². The van der Waals surface area contributed by atoms with Gasteiger partial charge in [0.15, 0.2) is 0 Å². The highest BCUT2D eigenvalue weighted by Gasteiger charge is 2.22. The first kappa shape index (κ1) is 15.5. The summed E-state index contributed by atoms with van der Waals surface area (Å²) in [4.78, 5) is 26.6. The normalized spacial score (nSPS) is 12.4. The van der Waals surface area contributed by atoms with Crippen LogP contribution in [0.4, 0.5) is 0 Å². The van der Waals surface area contributed by atoms with Crippen molar-refractivity contribution in [3.8, 4) is 10.7 Å². The number of aliphatic hydroxyl groups excluding tert-OH is 1. The fourth-order valence-electron chi connectivity index (χ4n) is 1.86. The number of thiazole rings is 1. The quantitative estimate of drug-likeness (QED) is 0.911. The second-order valence-corrected chi connectivity index (χ2v) is 5.89. The summed E-state index contributed by atoms with van der Waals surface area (Å²) in [5, 5.41) is 11.9. The van der Waals surface area contributed by atoms with Crippen molar-refractivity contribution in [1.82, 2.24) is 19.9 Å². The molecule has 2 aromatic rings. The SMILES string of the molecule is CC(O)CN(C(=O)c1csc(-c2cnccn2)n1)C(C)C. The van der Waals surface area contributed by atoms with Crippen LogP contribution in [0.2, 0.25) is 0 Å². The van der Waals surface area contributed by atoms with Gasteiger partial charge in [0.2, 0.25) is 0 Å². The van der Waals surface area contributed by atoms with Crippen molar-refractivity contribution in [2.45, 2.75) is 32.9 Å². The minimum Gasteiger partial charge on any atom is -0.392 e. The highest BCUT2D eigenvalue weighted by molar-refractivity contribution is 7.13. The van der Waals surface area contributed by atoms with E-state index in [0.29, 0.717) is 16.4 Å². The molecule has 0 aliphatic carbocycles. The number of nitrogens with zero attached hydrogens (tertiary/aromatic N) is 4. The molecule has 0 aromatic carbocycles. The summed E-state index contributed by atoms with van der Waals surface area (Å²) < 4.78 is 0. The number of aliphatic hydroxyl groups is 1. The fourth-order valence-corrected chi connectivity index (χ4v) is 2.61. The number of rotatable bonds is 5. The first-order valence-electron chi connectivity index (χ1n) is 6.70. The molecule has 0 saturated heterocycles.